The average molecular weight is 249 g/mol. The molecule has 0 fully saturated rings. The van der Waals surface area contributed by atoms with Gasteiger partial charge in [-0.1, -0.05) is 12.1 Å². The first-order valence-electron chi connectivity index (χ1n) is 6.09. The lowest BCUT2D eigenvalue weighted by atomic mass is 10.2. The lowest BCUT2D eigenvalue weighted by molar-refractivity contribution is -0.136. The maximum atomic E-state index is 10.6. The van der Waals surface area contributed by atoms with Gasteiger partial charge in [-0.15, -0.1) is 0 Å². The van der Waals surface area contributed by atoms with Crippen molar-refractivity contribution in [2.75, 3.05) is 0 Å². The van der Waals surface area contributed by atoms with Crippen LogP contribution >= 0.6 is 0 Å². The van der Waals surface area contributed by atoms with E-state index >= 15 is 0 Å². The van der Waals surface area contributed by atoms with Crippen LogP contribution in [-0.4, -0.2) is 19.9 Å². The van der Waals surface area contributed by atoms with E-state index < -0.39 is 14.8 Å². The highest BCUT2D eigenvalue weighted by molar-refractivity contribution is 6.75. The molecule has 0 aliphatic heterocycles. The number of hydrogen-bond donors (Lipinski definition) is 1. The van der Waals surface area contributed by atoms with Crippen molar-refractivity contribution < 1.29 is 9.90 Å². The zero-order chi connectivity index (χ0) is 13.0. The van der Waals surface area contributed by atoms with Crippen molar-refractivity contribution in [3.8, 4) is 0 Å². The molecule has 0 heterocycles. The highest BCUT2D eigenvalue weighted by Crippen LogP contribution is 2.20. The molecule has 92 valence electrons. The Kier molecular flexibility index (Phi) is 4.94. The van der Waals surface area contributed by atoms with E-state index in [0.29, 0.717) is 11.1 Å². The minimum absolute atomic E-state index is 0.117. The predicted molar refractivity (Wildman–Crippen MR) is 73.4 cm³/mol. The number of aliphatic carboxylic acids is 1. The molecule has 0 saturated heterocycles. The second-order valence-electron chi connectivity index (χ2n) is 5.03. The number of benzene rings is 1. The first-order valence-corrected chi connectivity index (χ1v) is 7.75. The molecule has 0 aliphatic carbocycles. The Labute approximate surface area is 105 Å². The van der Waals surface area contributed by atoms with E-state index in [1.807, 2.05) is 12.1 Å². The van der Waals surface area contributed by atoms with Gasteiger partial charge in [0.05, 0.1) is 22.7 Å². The summed E-state index contributed by atoms with van der Waals surface area (Å²) in [5.74, 6) is -0.768. The molecular weight excluding hydrogens is 228 g/mol. The zero-order valence-electron chi connectivity index (χ0n) is 11.0. The van der Waals surface area contributed by atoms with E-state index in [1.165, 1.54) is 5.19 Å². The monoisotopic (exact) mass is 249 g/mol. The number of hydrogen-bond acceptors (Lipinski definition) is 1. The molecule has 0 saturated carbocycles. The van der Waals surface area contributed by atoms with Crippen molar-refractivity contribution >= 4 is 20.0 Å². The second kappa shape index (κ2) is 6.01. The Hall–Kier alpha value is -1.09. The molecule has 0 atom stereocenters. The second-order valence-corrected chi connectivity index (χ2v) is 8.83. The van der Waals surface area contributed by atoms with E-state index in [2.05, 4.69) is 39.8 Å². The fraction of sp³-hybridized carbons (Fsp3) is 0.500. The Morgan fingerprint density at radius 3 is 1.94 bits per heavy atom. The summed E-state index contributed by atoms with van der Waals surface area (Å²) in [6.07, 6.45) is 0.117. The molecule has 2 nitrogen and oxygen atoms in total. The number of carboxylic acid groups (broad SMARTS) is 1. The van der Waals surface area contributed by atoms with Crippen molar-refractivity contribution in [3.05, 3.63) is 29.8 Å². The molecule has 1 rings (SSSR count). The van der Waals surface area contributed by atoms with Crippen LogP contribution in [0.4, 0.5) is 0 Å². The van der Waals surface area contributed by atoms with Crippen molar-refractivity contribution in [2.24, 2.45) is 0 Å². The van der Waals surface area contributed by atoms with Crippen LogP contribution in [0.5, 0.6) is 0 Å². The lowest BCUT2D eigenvalue weighted by Crippen LogP contribution is -2.35. The molecule has 0 amide bonds. The van der Waals surface area contributed by atoms with Crippen LogP contribution in [0.2, 0.25) is 11.1 Å². The molecule has 0 aromatic heterocycles. The minimum atomic E-state index is -0.768. The van der Waals surface area contributed by atoms with Crippen molar-refractivity contribution in [3.63, 3.8) is 0 Å². The zero-order valence-corrected chi connectivity index (χ0v) is 12.0. The third kappa shape index (κ3) is 4.00. The van der Waals surface area contributed by atoms with Gasteiger partial charge >= 0.3 is 14.8 Å². The third-order valence-electron chi connectivity index (χ3n) is 2.89. The van der Waals surface area contributed by atoms with Gasteiger partial charge in [0.2, 0.25) is 0 Å². The van der Waals surface area contributed by atoms with E-state index in [4.69, 9.17) is 5.11 Å². The fourth-order valence-corrected chi connectivity index (χ4v) is 5.54. The van der Waals surface area contributed by atoms with Gasteiger partial charge in [0.15, 0.2) is 0 Å². The Morgan fingerprint density at radius 1 is 1.12 bits per heavy atom. The van der Waals surface area contributed by atoms with Gasteiger partial charge in [0, 0.05) is 0 Å². The van der Waals surface area contributed by atoms with Crippen LogP contribution < -0.4 is 5.19 Å². The summed E-state index contributed by atoms with van der Waals surface area (Å²) in [6.45, 7) is 9.11. The van der Waals surface area contributed by atoms with Crippen molar-refractivity contribution in [1.82, 2.24) is 0 Å². The smallest absolute Gasteiger partial charge is 0.357 e. The maximum Gasteiger partial charge on any atom is 0.357 e. The van der Waals surface area contributed by atoms with Gasteiger partial charge < -0.3 is 5.11 Å². The van der Waals surface area contributed by atoms with E-state index in [1.54, 1.807) is 0 Å². The number of carboxylic acids is 1. The standard InChI is InChI=1S/C14H20O2Si/c1-10(2)17(11(3)4)13-7-5-12(6-8-13)9-14(15)16/h5-8,10-11H,9H2,1-4H3/p+1. The molecular formula is C14H21O2Si+. The van der Waals surface area contributed by atoms with E-state index in [9.17, 15) is 4.79 Å². The molecule has 17 heavy (non-hydrogen) atoms. The Morgan fingerprint density at radius 2 is 1.59 bits per heavy atom. The topological polar surface area (TPSA) is 37.3 Å². The Bertz CT molecular complexity index is 360. The van der Waals surface area contributed by atoms with Gasteiger partial charge in [-0.05, 0) is 45.4 Å². The van der Waals surface area contributed by atoms with Crippen LogP contribution in [0.3, 0.4) is 0 Å². The van der Waals surface area contributed by atoms with Crippen LogP contribution in [0.15, 0.2) is 24.3 Å². The van der Waals surface area contributed by atoms with Gasteiger partial charge in [0.25, 0.3) is 0 Å². The van der Waals surface area contributed by atoms with Crippen LogP contribution in [0.25, 0.3) is 0 Å². The maximum absolute atomic E-state index is 10.6. The molecule has 1 aromatic rings. The highest BCUT2D eigenvalue weighted by atomic mass is 28.3. The molecule has 0 bridgehead atoms. The van der Waals surface area contributed by atoms with E-state index in [0.717, 1.165) is 5.56 Å². The number of carbonyl (C=O) groups is 1. The molecule has 0 aliphatic rings. The minimum Gasteiger partial charge on any atom is -0.481 e. The summed E-state index contributed by atoms with van der Waals surface area (Å²) in [7, 11) is -0.548. The summed E-state index contributed by atoms with van der Waals surface area (Å²) in [5, 5.41) is 10.1. The number of rotatable bonds is 5. The molecule has 3 heteroatoms. The molecule has 1 aromatic carbocycles. The average Bonchev–Trinajstić information content (AvgIpc) is 2.18. The molecule has 0 spiro atoms. The lowest BCUT2D eigenvalue weighted by Gasteiger charge is -2.09. The largest absolute Gasteiger partial charge is 0.481 e. The van der Waals surface area contributed by atoms with Gasteiger partial charge in [-0.3, -0.25) is 4.79 Å². The Balaban J connectivity index is 2.88. The summed E-state index contributed by atoms with van der Waals surface area (Å²) in [5.41, 5.74) is 2.28. The predicted octanol–water partition coefficient (Wildman–Crippen LogP) is 2.84. The normalized spacial score (nSPS) is 10.9. The van der Waals surface area contributed by atoms with Crippen LogP contribution in [-0.2, 0) is 11.2 Å². The van der Waals surface area contributed by atoms with Crippen molar-refractivity contribution in [2.45, 2.75) is 45.2 Å². The fourth-order valence-electron chi connectivity index (χ4n) is 2.32. The van der Waals surface area contributed by atoms with Gasteiger partial charge in [-0.25, -0.2) is 0 Å². The summed E-state index contributed by atoms with van der Waals surface area (Å²) < 4.78 is 0. The first-order chi connectivity index (χ1) is 7.91. The SMILES string of the molecule is CC(C)[Si+](c1ccc(CC(=O)O)cc1)C(C)C. The summed E-state index contributed by atoms with van der Waals surface area (Å²) >= 11 is 0. The van der Waals surface area contributed by atoms with Crippen molar-refractivity contribution in [1.29, 1.82) is 0 Å². The highest BCUT2D eigenvalue weighted by Gasteiger charge is 2.37. The molecule has 1 N–H and O–H groups in total. The van der Waals surface area contributed by atoms with Crippen LogP contribution in [0.1, 0.15) is 33.3 Å². The summed E-state index contributed by atoms with van der Waals surface area (Å²) in [4.78, 5) is 10.6. The van der Waals surface area contributed by atoms with Gasteiger partial charge in [-0.2, -0.15) is 0 Å². The molecule has 0 unspecified atom stereocenters. The quantitative estimate of drug-likeness (QED) is 0.815. The molecule has 0 radical (unpaired) electrons. The van der Waals surface area contributed by atoms with Gasteiger partial charge in [0.1, 0.15) is 0 Å². The van der Waals surface area contributed by atoms with E-state index in [-0.39, 0.29) is 6.42 Å². The first kappa shape index (κ1) is 14.0. The van der Waals surface area contributed by atoms with Crippen LogP contribution in [0, 0.1) is 0 Å². The third-order valence-corrected chi connectivity index (χ3v) is 6.37. The summed E-state index contributed by atoms with van der Waals surface area (Å²) in [6, 6.07) is 8.15.